The highest BCUT2D eigenvalue weighted by Gasteiger charge is 2.08. The van der Waals surface area contributed by atoms with E-state index in [0.29, 0.717) is 13.0 Å². The van der Waals surface area contributed by atoms with E-state index in [1.807, 2.05) is 42.5 Å². The van der Waals surface area contributed by atoms with Crippen LogP contribution in [0, 0.1) is 0 Å². The number of carbonyl (C=O) groups excluding carboxylic acids is 1. The number of para-hydroxylation sites is 1. The van der Waals surface area contributed by atoms with E-state index in [-0.39, 0.29) is 5.91 Å². The molecule has 0 radical (unpaired) electrons. The maximum absolute atomic E-state index is 11.8. The molecule has 4 nitrogen and oxygen atoms in total. The van der Waals surface area contributed by atoms with E-state index < -0.39 is 0 Å². The predicted molar refractivity (Wildman–Crippen MR) is 85.3 cm³/mol. The van der Waals surface area contributed by atoms with Crippen molar-refractivity contribution >= 4 is 33.5 Å². The van der Waals surface area contributed by atoms with Gasteiger partial charge in [-0.15, -0.1) is 0 Å². The van der Waals surface area contributed by atoms with E-state index in [0.717, 1.165) is 40.5 Å². The molecule has 0 aliphatic heterocycles. The van der Waals surface area contributed by atoms with Crippen LogP contribution in [0.15, 0.2) is 46.9 Å². The summed E-state index contributed by atoms with van der Waals surface area (Å²) in [4.78, 5) is 11.8. The summed E-state index contributed by atoms with van der Waals surface area (Å²) in [6.45, 7) is 0.625. The minimum absolute atomic E-state index is 0.0237. The van der Waals surface area contributed by atoms with Crippen LogP contribution in [0.5, 0.6) is 0 Å². The Morgan fingerprint density at radius 3 is 2.71 bits per heavy atom. The van der Waals surface area contributed by atoms with Gasteiger partial charge < -0.3 is 15.5 Å². The number of benzene rings is 2. The van der Waals surface area contributed by atoms with Crippen LogP contribution in [0.1, 0.15) is 19.3 Å². The second kappa shape index (κ2) is 5.97. The van der Waals surface area contributed by atoms with Gasteiger partial charge >= 0.3 is 0 Å². The maximum Gasteiger partial charge on any atom is 0.224 e. The number of amides is 1. The number of fused-ring (bicyclic) bond motifs is 3. The molecule has 0 fully saturated rings. The van der Waals surface area contributed by atoms with Crippen molar-refractivity contribution in [3.63, 3.8) is 0 Å². The van der Waals surface area contributed by atoms with E-state index in [2.05, 4.69) is 5.32 Å². The zero-order valence-electron chi connectivity index (χ0n) is 11.8. The Morgan fingerprint density at radius 1 is 1.05 bits per heavy atom. The van der Waals surface area contributed by atoms with Gasteiger partial charge in [-0.1, -0.05) is 18.2 Å². The first-order valence-electron chi connectivity index (χ1n) is 7.19. The summed E-state index contributed by atoms with van der Waals surface area (Å²) >= 11 is 0. The fourth-order valence-corrected chi connectivity index (χ4v) is 2.46. The minimum Gasteiger partial charge on any atom is -0.456 e. The minimum atomic E-state index is 0.0237. The van der Waals surface area contributed by atoms with Gasteiger partial charge in [0, 0.05) is 22.9 Å². The SMILES string of the molecule is NCCCCC(=O)Nc1ccc2oc3ccccc3c2c1. The normalized spacial score (nSPS) is 11.1. The Hall–Kier alpha value is -2.33. The number of hydrogen-bond acceptors (Lipinski definition) is 3. The van der Waals surface area contributed by atoms with Gasteiger partial charge in [-0.3, -0.25) is 4.79 Å². The Balaban J connectivity index is 1.83. The van der Waals surface area contributed by atoms with Gasteiger partial charge in [0.05, 0.1) is 0 Å². The number of carbonyl (C=O) groups is 1. The average molecular weight is 282 g/mol. The number of anilines is 1. The Morgan fingerprint density at radius 2 is 1.86 bits per heavy atom. The molecular weight excluding hydrogens is 264 g/mol. The molecule has 3 aromatic rings. The topological polar surface area (TPSA) is 68.3 Å². The highest BCUT2D eigenvalue weighted by molar-refractivity contribution is 6.06. The monoisotopic (exact) mass is 282 g/mol. The van der Waals surface area contributed by atoms with Crippen molar-refractivity contribution in [2.75, 3.05) is 11.9 Å². The molecule has 1 aromatic heterocycles. The molecule has 1 heterocycles. The number of furan rings is 1. The largest absolute Gasteiger partial charge is 0.456 e. The van der Waals surface area contributed by atoms with E-state index in [9.17, 15) is 4.79 Å². The zero-order valence-corrected chi connectivity index (χ0v) is 11.8. The van der Waals surface area contributed by atoms with Crippen LogP contribution in [0.25, 0.3) is 21.9 Å². The van der Waals surface area contributed by atoms with E-state index in [1.54, 1.807) is 0 Å². The quantitative estimate of drug-likeness (QED) is 0.702. The molecule has 0 bridgehead atoms. The van der Waals surface area contributed by atoms with Crippen molar-refractivity contribution < 1.29 is 9.21 Å². The van der Waals surface area contributed by atoms with Crippen molar-refractivity contribution in [3.8, 4) is 0 Å². The van der Waals surface area contributed by atoms with Crippen molar-refractivity contribution in [1.29, 1.82) is 0 Å². The van der Waals surface area contributed by atoms with Gasteiger partial charge in [-0.05, 0) is 43.7 Å². The molecule has 1 amide bonds. The molecule has 3 N–H and O–H groups in total. The maximum atomic E-state index is 11.8. The van der Waals surface area contributed by atoms with Gasteiger partial charge in [0.15, 0.2) is 0 Å². The smallest absolute Gasteiger partial charge is 0.224 e. The second-order valence-corrected chi connectivity index (χ2v) is 5.10. The van der Waals surface area contributed by atoms with Crippen molar-refractivity contribution in [1.82, 2.24) is 0 Å². The molecule has 2 aromatic carbocycles. The molecular formula is C17H18N2O2. The lowest BCUT2D eigenvalue weighted by Crippen LogP contribution is -2.11. The van der Waals surface area contributed by atoms with Gasteiger partial charge in [0.1, 0.15) is 11.2 Å². The van der Waals surface area contributed by atoms with Crippen molar-refractivity contribution in [2.45, 2.75) is 19.3 Å². The summed E-state index contributed by atoms with van der Waals surface area (Å²) < 4.78 is 5.77. The first-order valence-corrected chi connectivity index (χ1v) is 7.19. The highest BCUT2D eigenvalue weighted by Crippen LogP contribution is 2.30. The third kappa shape index (κ3) is 2.90. The van der Waals surface area contributed by atoms with Crippen molar-refractivity contribution in [2.24, 2.45) is 5.73 Å². The van der Waals surface area contributed by atoms with E-state index in [4.69, 9.17) is 10.2 Å². The second-order valence-electron chi connectivity index (χ2n) is 5.10. The van der Waals surface area contributed by atoms with E-state index in [1.165, 1.54) is 0 Å². The van der Waals surface area contributed by atoms with Crippen molar-refractivity contribution in [3.05, 3.63) is 42.5 Å². The van der Waals surface area contributed by atoms with E-state index >= 15 is 0 Å². The summed E-state index contributed by atoms with van der Waals surface area (Å²) in [5.74, 6) is 0.0237. The summed E-state index contributed by atoms with van der Waals surface area (Å²) in [5.41, 5.74) is 7.92. The lowest BCUT2D eigenvalue weighted by molar-refractivity contribution is -0.116. The predicted octanol–water partition coefficient (Wildman–Crippen LogP) is 3.65. The Labute approximate surface area is 122 Å². The van der Waals surface area contributed by atoms with Crippen LogP contribution in [-0.2, 0) is 4.79 Å². The molecule has 0 spiro atoms. The average Bonchev–Trinajstić information content (AvgIpc) is 2.86. The van der Waals surface area contributed by atoms with Gasteiger partial charge in [-0.25, -0.2) is 0 Å². The number of rotatable bonds is 5. The van der Waals surface area contributed by atoms with Crippen LogP contribution >= 0.6 is 0 Å². The van der Waals surface area contributed by atoms with Gasteiger partial charge in [-0.2, -0.15) is 0 Å². The molecule has 108 valence electrons. The standard InChI is InChI=1S/C17H18N2O2/c18-10-4-3-7-17(20)19-12-8-9-16-14(11-12)13-5-1-2-6-15(13)21-16/h1-2,5-6,8-9,11H,3-4,7,10,18H2,(H,19,20). The van der Waals surface area contributed by atoms with Gasteiger partial charge in [0.25, 0.3) is 0 Å². The lowest BCUT2D eigenvalue weighted by Gasteiger charge is -2.04. The summed E-state index contributed by atoms with van der Waals surface area (Å²) in [6, 6.07) is 13.6. The molecule has 21 heavy (non-hydrogen) atoms. The fourth-order valence-electron chi connectivity index (χ4n) is 2.46. The molecule has 4 heteroatoms. The summed E-state index contributed by atoms with van der Waals surface area (Å²) in [5, 5.41) is 5.01. The third-order valence-electron chi connectivity index (χ3n) is 3.52. The summed E-state index contributed by atoms with van der Waals surface area (Å²) in [7, 11) is 0. The first kappa shape index (κ1) is 13.6. The molecule has 0 aliphatic rings. The van der Waals surface area contributed by atoms with Crippen LogP contribution in [-0.4, -0.2) is 12.5 Å². The Kier molecular flexibility index (Phi) is 3.88. The number of unbranched alkanes of at least 4 members (excludes halogenated alkanes) is 1. The number of hydrogen-bond donors (Lipinski definition) is 2. The molecule has 3 rings (SSSR count). The summed E-state index contributed by atoms with van der Waals surface area (Å²) in [6.07, 6.45) is 2.19. The number of nitrogens with one attached hydrogen (secondary N) is 1. The Bertz CT molecular complexity index is 777. The van der Waals surface area contributed by atoms with Crippen LogP contribution in [0.3, 0.4) is 0 Å². The third-order valence-corrected chi connectivity index (χ3v) is 3.52. The van der Waals surface area contributed by atoms with Crippen LogP contribution < -0.4 is 11.1 Å². The van der Waals surface area contributed by atoms with Gasteiger partial charge in [0.2, 0.25) is 5.91 Å². The zero-order chi connectivity index (χ0) is 14.7. The molecule has 0 aliphatic carbocycles. The first-order chi connectivity index (χ1) is 10.3. The lowest BCUT2D eigenvalue weighted by atomic mass is 10.1. The molecule has 0 saturated carbocycles. The highest BCUT2D eigenvalue weighted by atomic mass is 16.3. The molecule has 0 atom stereocenters. The molecule has 0 saturated heterocycles. The van der Waals surface area contributed by atoms with Crippen LogP contribution in [0.2, 0.25) is 0 Å². The number of nitrogens with two attached hydrogens (primary N) is 1. The molecule has 0 unspecified atom stereocenters. The van der Waals surface area contributed by atoms with Crippen LogP contribution in [0.4, 0.5) is 5.69 Å². The fraction of sp³-hybridized carbons (Fsp3) is 0.235.